The Morgan fingerprint density at radius 2 is 1.35 bits per heavy atom. The molecule has 0 bridgehead atoms. The Labute approximate surface area is 289 Å². The molecule has 4 rings (SSSR count). The topological polar surface area (TPSA) is 163 Å². The van der Waals surface area contributed by atoms with Crippen LogP contribution in [0, 0.1) is 146 Å². The smallest absolute Gasteiger partial charge is 0.141 e. The van der Waals surface area contributed by atoms with Gasteiger partial charge in [-0.3, -0.25) is 4.68 Å². The highest BCUT2D eigenvalue weighted by Gasteiger charge is 2.19. The van der Waals surface area contributed by atoms with Gasteiger partial charge in [-0.1, -0.05) is 5.16 Å². The minimum absolute atomic E-state index is 0. The van der Waals surface area contributed by atoms with Gasteiger partial charge < -0.3 is 9.51 Å². The third-order valence-corrected chi connectivity index (χ3v) is 5.70. The normalized spacial score (nSPS) is 8.23. The fourth-order valence-corrected chi connectivity index (χ4v) is 3.93. The second kappa shape index (κ2) is 20.0. The van der Waals surface area contributed by atoms with E-state index >= 15 is 0 Å². The first kappa shape index (κ1) is 36.1. The Bertz CT molecular complexity index is 2340. The summed E-state index contributed by atoms with van der Waals surface area (Å²) in [6.07, 6.45) is 11.5. The first-order valence-electron chi connectivity index (χ1n) is 13.2. The van der Waals surface area contributed by atoms with Crippen LogP contribution in [0.25, 0.3) is 33.3 Å². The van der Waals surface area contributed by atoms with E-state index in [1.54, 1.807) is 6.33 Å². The monoisotopic (exact) mass is 642 g/mol. The van der Waals surface area contributed by atoms with Crippen molar-refractivity contribution < 1.29 is 15.9 Å². The maximum absolute atomic E-state index is 8.91. The fourth-order valence-electron chi connectivity index (χ4n) is 3.93. The average molecular weight is 643 g/mol. The fraction of sp³-hybridized carbons (Fsp3) is 0.139. The number of imidazole rings is 1. The highest BCUT2D eigenvalue weighted by molar-refractivity contribution is 5.97. The maximum atomic E-state index is 8.91. The number of fused-ring (bicyclic) bond motifs is 1. The lowest BCUT2D eigenvalue weighted by Gasteiger charge is -2.08. The van der Waals surface area contributed by atoms with Gasteiger partial charge in [0.1, 0.15) is 11.0 Å². The predicted molar refractivity (Wildman–Crippen MR) is 198 cm³/mol. The number of nitrogens with zero attached hydrogens (tertiary/aromatic N) is 8. The average Bonchev–Trinajstić information content (AvgIpc) is 3.76. The van der Waals surface area contributed by atoms with Gasteiger partial charge in [0.15, 0.2) is 0 Å². The first-order valence-corrected chi connectivity index (χ1v) is 13.2. The van der Waals surface area contributed by atoms with E-state index in [-0.39, 0.29) is 11.4 Å². The minimum atomic E-state index is 0. The summed E-state index contributed by atoms with van der Waals surface area (Å²) < 4.78 is 7.28. The molecule has 0 unspecified atom stereocenters. The van der Waals surface area contributed by atoms with Gasteiger partial charge >= 0.3 is 0 Å². The second-order valence-corrected chi connectivity index (χ2v) is 8.59. The molecule has 4 aromatic rings. The second-order valence-electron chi connectivity index (χ2n) is 8.59. The SMILES string of the molecule is C#CC#CC#CC#CC#CC#CC#CC#CC#C.Cc1noc(C)c1-c1cc(-c2c(C)nn(C)c2C)cc2[nH]cnc12.N=N/N=N/N=O.[HH].[HH].[HH].[HH].[HH].[HH].[HH].[HH]. The van der Waals surface area contributed by atoms with Gasteiger partial charge in [0.05, 0.1) is 28.7 Å². The van der Waals surface area contributed by atoms with Crippen LogP contribution >= 0.6 is 0 Å². The van der Waals surface area contributed by atoms with Crippen molar-refractivity contribution >= 4 is 11.0 Å². The largest absolute Gasteiger partial charge is 0.361 e. The number of nitroso groups, excluding NO2 is 1. The number of benzene rings is 1. The zero-order chi connectivity index (χ0) is 35.1. The van der Waals surface area contributed by atoms with E-state index < -0.39 is 0 Å². The number of hydrogen-bond acceptors (Lipinski definition) is 6. The summed E-state index contributed by atoms with van der Waals surface area (Å²) >= 11 is 0. The van der Waals surface area contributed by atoms with Crippen LogP contribution in [-0.2, 0) is 7.05 Å². The Kier molecular flexibility index (Phi) is 15.1. The molecule has 12 heteroatoms. The molecule has 0 atom stereocenters. The van der Waals surface area contributed by atoms with Crippen molar-refractivity contribution in [1.82, 2.24) is 24.9 Å². The number of aromatic amines is 1. The standard InChI is InChI=1S/C18H19N5O.C18H2.HN5O.8H2/c1-9-16(11(3)23(5)21-9)13-6-14(17-10(2)22-24-12(17)4)18-15(7-13)19-8-20-18;1-3-5-7-9-11-13-15-17-18-16-14-12-10-8-6-4-2;1-2-3-4-5-6;;;;;;;;/h6-8H,1-5H3,(H,19,20);1-2H;1H;8*1H/b;;2-1?,4-3+;;;;;;;;. The summed E-state index contributed by atoms with van der Waals surface area (Å²) in [6, 6.07) is 4.29. The number of nitrogens with one attached hydrogen (secondary N) is 2. The molecule has 0 aliphatic heterocycles. The van der Waals surface area contributed by atoms with Gasteiger partial charge in [0.25, 0.3) is 0 Å². The molecule has 3 aromatic heterocycles. The minimum Gasteiger partial charge on any atom is -0.361 e. The Morgan fingerprint density at radius 3 is 1.75 bits per heavy atom. The van der Waals surface area contributed by atoms with E-state index in [2.05, 4.69) is 150 Å². The molecule has 0 aliphatic carbocycles. The molecule has 0 saturated heterocycles. The summed E-state index contributed by atoms with van der Waals surface area (Å²) in [5.41, 5.74) is 15.1. The van der Waals surface area contributed by atoms with Gasteiger partial charge in [0, 0.05) is 46.1 Å². The molecule has 0 aliphatic rings. The zero-order valence-electron chi connectivity index (χ0n) is 26.3. The van der Waals surface area contributed by atoms with Crippen molar-refractivity contribution in [2.45, 2.75) is 27.7 Å². The van der Waals surface area contributed by atoms with E-state index in [1.165, 1.54) is 0 Å². The molecule has 48 heavy (non-hydrogen) atoms. The quantitative estimate of drug-likeness (QED) is 0.104. The lowest BCUT2D eigenvalue weighted by atomic mass is 9.95. The highest BCUT2D eigenvalue weighted by Crippen LogP contribution is 2.37. The van der Waals surface area contributed by atoms with Gasteiger partial charge in [0.2, 0.25) is 0 Å². The number of rotatable bonds is 4. The van der Waals surface area contributed by atoms with E-state index in [0.29, 0.717) is 0 Å². The molecular weight excluding hydrogens is 604 g/mol. The molecule has 12 nitrogen and oxygen atoms in total. The van der Waals surface area contributed by atoms with Crippen LogP contribution in [-0.4, -0.2) is 24.9 Å². The molecular formula is C36H38N10O2. The Hall–Kier alpha value is -8.05. The zero-order valence-corrected chi connectivity index (χ0v) is 26.3. The van der Waals surface area contributed by atoms with Crippen molar-refractivity contribution in [3.8, 4) is 130 Å². The van der Waals surface area contributed by atoms with Crippen molar-refractivity contribution in [2.75, 3.05) is 0 Å². The molecule has 0 fully saturated rings. The summed E-state index contributed by atoms with van der Waals surface area (Å²) in [5, 5.41) is 17.9. The number of H-pyrrole nitrogens is 1. The van der Waals surface area contributed by atoms with Crippen LogP contribution in [0.15, 0.2) is 43.9 Å². The third kappa shape index (κ3) is 10.9. The first-order chi connectivity index (χ1) is 23.3. The lowest BCUT2D eigenvalue weighted by Crippen LogP contribution is -1.93. The van der Waals surface area contributed by atoms with E-state index in [1.807, 2.05) is 37.8 Å². The third-order valence-electron chi connectivity index (χ3n) is 5.70. The summed E-state index contributed by atoms with van der Waals surface area (Å²) in [6.45, 7) is 8.01. The molecule has 0 radical (unpaired) electrons. The number of terminal acetylenes is 2. The van der Waals surface area contributed by atoms with E-state index in [0.717, 1.165) is 56.1 Å². The Balaban J connectivity index is -0.000000136. The van der Waals surface area contributed by atoms with E-state index in [4.69, 9.17) is 27.8 Å². The maximum Gasteiger partial charge on any atom is 0.141 e. The van der Waals surface area contributed by atoms with Crippen molar-refractivity contribution in [2.24, 2.45) is 28.0 Å². The summed E-state index contributed by atoms with van der Waals surface area (Å²) in [5.74, 6) is 39.0. The number of aryl methyl sites for hydroxylation is 4. The van der Waals surface area contributed by atoms with Gasteiger partial charge in [-0.2, -0.15) is 10.6 Å². The van der Waals surface area contributed by atoms with Crippen LogP contribution in [0.2, 0.25) is 0 Å². The molecule has 0 spiro atoms. The molecule has 1 aromatic carbocycles. The number of aromatic nitrogens is 5. The molecule has 244 valence electrons. The molecule has 0 amide bonds. The summed E-state index contributed by atoms with van der Waals surface area (Å²) in [7, 11) is 1.97. The number of hydrogen-bond donors (Lipinski definition) is 2. The van der Waals surface area contributed by atoms with Gasteiger partial charge in [-0.05, 0) is 151 Å². The van der Waals surface area contributed by atoms with Crippen LogP contribution in [0.3, 0.4) is 0 Å². The molecule has 2 N–H and O–H groups in total. The Morgan fingerprint density at radius 1 is 0.812 bits per heavy atom. The van der Waals surface area contributed by atoms with Crippen molar-refractivity contribution in [3.05, 3.63) is 46.2 Å². The molecule has 0 saturated carbocycles. The van der Waals surface area contributed by atoms with Crippen LogP contribution in [0.5, 0.6) is 0 Å². The van der Waals surface area contributed by atoms with Gasteiger partial charge in [-0.25, -0.2) is 4.98 Å². The van der Waals surface area contributed by atoms with E-state index in [9.17, 15) is 0 Å². The summed E-state index contributed by atoms with van der Waals surface area (Å²) in [4.78, 5) is 16.6. The van der Waals surface area contributed by atoms with Gasteiger partial charge in [-0.15, -0.1) is 17.8 Å². The van der Waals surface area contributed by atoms with Crippen molar-refractivity contribution in [1.29, 1.82) is 5.53 Å². The predicted octanol–water partition coefficient (Wildman–Crippen LogP) is 7.16. The van der Waals surface area contributed by atoms with Crippen LogP contribution in [0.4, 0.5) is 0 Å². The molecule has 3 heterocycles. The lowest BCUT2D eigenvalue weighted by molar-refractivity contribution is 0.393. The van der Waals surface area contributed by atoms with Crippen LogP contribution in [0.1, 0.15) is 34.3 Å². The highest BCUT2D eigenvalue weighted by atomic mass is 16.5. The van der Waals surface area contributed by atoms with Crippen LogP contribution < -0.4 is 0 Å². The van der Waals surface area contributed by atoms with Crippen molar-refractivity contribution in [3.63, 3.8) is 0 Å².